The van der Waals surface area contributed by atoms with Crippen LogP contribution in [-0.2, 0) is 39.9 Å². The number of nitrogens with zero attached hydrogens (tertiary/aromatic N) is 3. The molecular weight excluding hydrogens is 682 g/mol. The van der Waals surface area contributed by atoms with E-state index in [-0.39, 0.29) is 83.4 Å². The minimum Gasteiger partial charge on any atom is -0.481 e. The second-order valence-electron chi connectivity index (χ2n) is 14.2. The minimum atomic E-state index is -3.80. The van der Waals surface area contributed by atoms with Crippen molar-refractivity contribution in [1.29, 1.82) is 0 Å². The van der Waals surface area contributed by atoms with Crippen LogP contribution in [0.3, 0.4) is 0 Å². The number of nitrogens with one attached hydrogen (secondary N) is 1. The number of aliphatic carboxylic acids is 1. The van der Waals surface area contributed by atoms with E-state index in [1.807, 2.05) is 0 Å². The molecule has 1 aliphatic rings. The largest absolute Gasteiger partial charge is 0.481 e. The monoisotopic (exact) mass is 725 g/mol. The second kappa shape index (κ2) is 13.5. The number of sulfone groups is 1. The normalized spacial score (nSPS) is 20.9. The highest BCUT2D eigenvalue weighted by molar-refractivity contribution is 7.91. The maximum absolute atomic E-state index is 16.7. The second-order valence-corrected chi connectivity index (χ2v) is 16.4. The maximum Gasteiger partial charge on any atom is 0.306 e. The predicted octanol–water partition coefficient (Wildman–Crippen LogP) is 7.91. The number of aromatic nitrogens is 4. The summed E-state index contributed by atoms with van der Waals surface area (Å²) in [5.74, 6) is -6.00. The Morgan fingerprint density at radius 2 is 1.92 bits per heavy atom. The summed E-state index contributed by atoms with van der Waals surface area (Å²) >= 11 is 0. The van der Waals surface area contributed by atoms with E-state index in [9.17, 15) is 18.3 Å². The lowest BCUT2D eigenvalue weighted by atomic mass is 9.74. The first-order chi connectivity index (χ1) is 25.2. The van der Waals surface area contributed by atoms with Crippen LogP contribution in [0, 0.1) is 28.8 Å². The van der Waals surface area contributed by atoms with Crippen LogP contribution in [0.1, 0.15) is 73.5 Å². The molecule has 3 aromatic carbocycles. The third-order valence-electron chi connectivity index (χ3n) is 9.57. The molecule has 0 saturated heterocycles. The number of aromatic amines is 1. The smallest absolute Gasteiger partial charge is 0.306 e. The Morgan fingerprint density at radius 3 is 2.67 bits per heavy atom. The Morgan fingerprint density at radius 1 is 1.14 bits per heavy atom. The summed E-state index contributed by atoms with van der Waals surface area (Å²) in [6, 6.07) is 10.6. The molecular formula is C38H41F3N4O5S. The molecule has 5 aromatic rings. The van der Waals surface area contributed by atoms with Crippen LogP contribution in [0.5, 0.6) is 11.5 Å². The topological polar surface area (TPSA) is 127 Å². The van der Waals surface area contributed by atoms with Gasteiger partial charge in [-0.2, -0.15) is 5.10 Å². The lowest BCUT2D eigenvalue weighted by molar-refractivity contribution is -0.141. The number of ether oxygens (including phenoxy) is 1. The van der Waals surface area contributed by atoms with Gasteiger partial charge in [0.15, 0.2) is 33.1 Å². The van der Waals surface area contributed by atoms with Gasteiger partial charge < -0.3 is 14.8 Å². The SMILES string of the molecule is [2H]C([2H])([2H])C1(c2cccc(CC(C)C(=O)O)c2F)CCCC(C)(C)CS(=O)(=O)CCc2c(c(F)cc3[nH]ccc23)Oc2ccc(F)c(c2)-c2nc1nn2C. The van der Waals surface area contributed by atoms with Gasteiger partial charge in [0.2, 0.25) is 0 Å². The van der Waals surface area contributed by atoms with Crippen molar-refractivity contribution in [1.82, 2.24) is 19.7 Å². The van der Waals surface area contributed by atoms with Crippen LogP contribution in [-0.4, -0.2) is 50.7 Å². The molecule has 9 nitrogen and oxygen atoms in total. The molecule has 3 heterocycles. The van der Waals surface area contributed by atoms with Crippen molar-refractivity contribution >= 4 is 26.7 Å². The molecule has 4 bridgehead atoms. The number of benzene rings is 3. The first-order valence-corrected chi connectivity index (χ1v) is 18.4. The van der Waals surface area contributed by atoms with Crippen molar-refractivity contribution in [2.45, 2.75) is 65.1 Å². The van der Waals surface area contributed by atoms with Crippen LogP contribution < -0.4 is 4.74 Å². The Balaban J connectivity index is 1.59. The highest BCUT2D eigenvalue weighted by atomic mass is 32.2. The predicted molar refractivity (Wildman–Crippen MR) is 188 cm³/mol. The zero-order valence-corrected chi connectivity index (χ0v) is 29.5. The van der Waals surface area contributed by atoms with Crippen molar-refractivity contribution in [3.8, 4) is 22.9 Å². The number of carboxylic acids is 1. The maximum atomic E-state index is 16.7. The molecule has 0 radical (unpaired) electrons. The Bertz CT molecular complexity index is 2360. The number of halogens is 3. The molecule has 270 valence electrons. The van der Waals surface area contributed by atoms with Gasteiger partial charge in [0.05, 0.1) is 28.4 Å². The first kappa shape index (κ1) is 32.3. The van der Waals surface area contributed by atoms with Crippen LogP contribution >= 0.6 is 0 Å². The summed E-state index contributed by atoms with van der Waals surface area (Å²) in [5.41, 5.74) is -2.88. The molecule has 2 N–H and O–H groups in total. The van der Waals surface area contributed by atoms with E-state index in [0.29, 0.717) is 16.5 Å². The van der Waals surface area contributed by atoms with Gasteiger partial charge in [0.1, 0.15) is 17.4 Å². The van der Waals surface area contributed by atoms with Crippen LogP contribution in [0.2, 0.25) is 0 Å². The van der Waals surface area contributed by atoms with E-state index in [1.54, 1.807) is 26.1 Å². The van der Waals surface area contributed by atoms with Gasteiger partial charge in [-0.1, -0.05) is 45.4 Å². The van der Waals surface area contributed by atoms with Gasteiger partial charge in [-0.05, 0) is 67.8 Å². The zero-order valence-electron chi connectivity index (χ0n) is 31.7. The van der Waals surface area contributed by atoms with Crippen molar-refractivity contribution in [2.75, 3.05) is 11.5 Å². The van der Waals surface area contributed by atoms with Crippen molar-refractivity contribution in [3.63, 3.8) is 0 Å². The van der Waals surface area contributed by atoms with Crippen LogP contribution in [0.4, 0.5) is 13.2 Å². The third kappa shape index (κ3) is 7.26. The van der Waals surface area contributed by atoms with E-state index in [1.165, 1.54) is 55.1 Å². The summed E-state index contributed by atoms with van der Waals surface area (Å²) in [7, 11) is -2.37. The van der Waals surface area contributed by atoms with E-state index in [2.05, 4.69) is 15.1 Å². The Labute approximate surface area is 299 Å². The molecule has 6 rings (SSSR count). The molecule has 0 saturated carbocycles. The molecule has 0 amide bonds. The van der Waals surface area contributed by atoms with Crippen LogP contribution in [0.25, 0.3) is 22.3 Å². The average Bonchev–Trinajstić information content (AvgIpc) is 3.69. The highest BCUT2D eigenvalue weighted by Crippen LogP contribution is 2.42. The number of rotatable bonds is 4. The fourth-order valence-electron chi connectivity index (χ4n) is 6.92. The summed E-state index contributed by atoms with van der Waals surface area (Å²) in [5, 5.41) is 14.6. The molecule has 1 aliphatic heterocycles. The fraction of sp³-hybridized carbons (Fsp3) is 0.395. The number of hydrogen-bond donors (Lipinski definition) is 2. The molecule has 0 fully saturated rings. The van der Waals surface area contributed by atoms with E-state index >= 15 is 13.2 Å². The van der Waals surface area contributed by atoms with Gasteiger partial charge in [0, 0.05) is 45.5 Å². The number of aryl methyl sites for hydroxylation is 2. The van der Waals surface area contributed by atoms with Crippen molar-refractivity contribution in [2.24, 2.45) is 18.4 Å². The molecule has 2 unspecified atom stereocenters. The average molecular weight is 726 g/mol. The van der Waals surface area contributed by atoms with Crippen molar-refractivity contribution < 1.29 is 40.3 Å². The first-order valence-electron chi connectivity index (χ1n) is 18.1. The van der Waals surface area contributed by atoms with Gasteiger partial charge in [-0.25, -0.2) is 31.3 Å². The molecule has 2 atom stereocenters. The van der Waals surface area contributed by atoms with Gasteiger partial charge in [-0.15, -0.1) is 0 Å². The fourth-order valence-corrected chi connectivity index (χ4v) is 8.91. The highest BCUT2D eigenvalue weighted by Gasteiger charge is 2.38. The molecule has 2 aromatic heterocycles. The molecule has 0 spiro atoms. The minimum absolute atomic E-state index is 0.0200. The number of fused-ring (bicyclic) bond motifs is 8. The molecule has 13 heteroatoms. The summed E-state index contributed by atoms with van der Waals surface area (Å²) in [4.78, 5) is 19.2. The molecule has 0 aliphatic carbocycles. The molecule has 51 heavy (non-hydrogen) atoms. The Hall–Kier alpha value is -4.65. The quantitative estimate of drug-likeness (QED) is 0.193. The summed E-state index contributed by atoms with van der Waals surface area (Å²) < 4.78 is 109. The van der Waals surface area contributed by atoms with Crippen LogP contribution in [0.15, 0.2) is 54.7 Å². The van der Waals surface area contributed by atoms with E-state index < -0.39 is 56.9 Å². The van der Waals surface area contributed by atoms with Gasteiger partial charge in [0.25, 0.3) is 0 Å². The lowest BCUT2D eigenvalue weighted by Gasteiger charge is -2.31. The lowest BCUT2D eigenvalue weighted by Crippen LogP contribution is -2.30. The summed E-state index contributed by atoms with van der Waals surface area (Å²) in [6.45, 7) is 1.87. The van der Waals surface area contributed by atoms with Gasteiger partial charge >= 0.3 is 5.97 Å². The number of hydrogen-bond acceptors (Lipinski definition) is 6. The Kier molecular flexibility index (Phi) is 8.53. The third-order valence-corrected chi connectivity index (χ3v) is 11.6. The standard InChI is InChI=1S/C38H41F3N4O5S/c1-22(35(46)47)18-23-8-6-9-28(32(23)41)38(4)15-7-14-37(2,3)21-51(48,49)17-13-26-25-12-16-42-31(25)20-30(40)33(26)50-24-10-11-29(39)27(19-24)34-43-36(38)44-45(34)5/h6,8-12,16,19-20,22,42H,7,13-15,17-18,21H2,1-5H3,(H,46,47)/i4D3. The zero-order chi connectivity index (χ0) is 39.4. The number of H-pyrrole nitrogens is 1. The number of carboxylic acid groups (broad SMARTS) is 1. The van der Waals surface area contributed by atoms with Gasteiger partial charge in [-0.3, -0.25) is 4.79 Å². The van der Waals surface area contributed by atoms with E-state index in [4.69, 9.17) is 8.85 Å². The van der Waals surface area contributed by atoms with E-state index in [0.717, 1.165) is 6.07 Å². The van der Waals surface area contributed by atoms with Crippen molar-refractivity contribution in [3.05, 3.63) is 94.7 Å². The summed E-state index contributed by atoms with van der Waals surface area (Å²) in [6.07, 6.45) is 1.28. The number of carbonyl (C=O) groups is 1.